The Kier molecular flexibility index (Phi) is 17.1. The molecule has 0 saturated carbocycles. The number of nitrogens with one attached hydrogen (secondary N) is 2. The quantitative estimate of drug-likeness (QED) is 0.0985. The van der Waals surface area contributed by atoms with E-state index in [1.165, 1.54) is 9.80 Å². The van der Waals surface area contributed by atoms with Crippen LogP contribution < -0.4 is 15.4 Å². The highest BCUT2D eigenvalue weighted by Gasteiger charge is 2.50. The molecule has 3 aromatic carbocycles. The normalized spacial score (nSPS) is 19.2. The van der Waals surface area contributed by atoms with E-state index in [9.17, 15) is 32.3 Å². The molecule has 1 aromatic heterocycles. The second-order valence-corrected chi connectivity index (χ2v) is 20.9. The molecule has 2 N–H and O–H groups in total. The minimum absolute atomic E-state index is 0.101. The highest BCUT2D eigenvalue weighted by Crippen LogP contribution is 2.35. The standard InChI is InChI=1S/C51H64Cl2F3N7O7/c1-32(57-27-35-13-18-38(53)24-42(35)69-39-19-14-34(15-20-39)40-28-58-43(61(40)9)29-60(7)8)46(66)63-41(30-68-49(63,5)6)45(65)59-50(25-33-11-16-37(52)17-12-33)21-10-22-62(31-50)47(67)36(26-51(54,55)56)23-44(64)70-48(2,3)4/h11-20,24,28,32,36,41,57H,10,21-23,25-27,29-31H2,1-9H3,(H,59,65)/t32-,36-,41-,50+/m0/s1. The molecule has 4 atom stereocenters. The number of piperidine rings is 1. The Morgan fingerprint density at radius 3 is 2.29 bits per heavy atom. The van der Waals surface area contributed by atoms with E-state index in [2.05, 4.69) is 25.1 Å². The first-order chi connectivity index (χ1) is 32.7. The van der Waals surface area contributed by atoms with Gasteiger partial charge >= 0.3 is 12.1 Å². The van der Waals surface area contributed by atoms with Crippen molar-refractivity contribution in [1.29, 1.82) is 0 Å². The summed E-state index contributed by atoms with van der Waals surface area (Å²) in [6, 6.07) is 17.8. The van der Waals surface area contributed by atoms with Gasteiger partial charge < -0.3 is 39.2 Å². The SMILES string of the molecule is C[C@H](NCc1ccc(Cl)cc1Oc1ccc(-c2cnc(CN(C)C)n2C)cc1)C(=O)N1[C@H](C(=O)N[C@@]2(Cc3ccc(Cl)cc3)CCCN(C(=O)[C@@H](CC(=O)OC(C)(C)C)CC(F)(F)F)C2)COC1(C)C. The topological polar surface area (TPSA) is 148 Å². The van der Waals surface area contributed by atoms with Gasteiger partial charge in [0.15, 0.2) is 0 Å². The average molecular weight is 1020 g/mol. The van der Waals surface area contributed by atoms with E-state index in [-0.39, 0.29) is 32.7 Å². The first-order valence-electron chi connectivity index (χ1n) is 23.3. The zero-order valence-corrected chi connectivity index (χ0v) is 42.7. The Labute approximate surface area is 418 Å². The zero-order valence-electron chi connectivity index (χ0n) is 41.2. The maximum Gasteiger partial charge on any atom is 0.389 e. The van der Waals surface area contributed by atoms with Crippen molar-refractivity contribution in [3.63, 3.8) is 0 Å². The summed E-state index contributed by atoms with van der Waals surface area (Å²) in [4.78, 5) is 65.4. The lowest BCUT2D eigenvalue weighted by Crippen LogP contribution is -2.65. The molecule has 0 unspecified atom stereocenters. The van der Waals surface area contributed by atoms with E-state index in [0.717, 1.165) is 22.6 Å². The van der Waals surface area contributed by atoms with Gasteiger partial charge in [0, 0.05) is 47.9 Å². The molecule has 4 aromatic rings. The molecule has 0 spiro atoms. The van der Waals surface area contributed by atoms with Gasteiger partial charge in [-0.1, -0.05) is 41.4 Å². The molecular weight excluding hydrogens is 951 g/mol. The maximum absolute atomic E-state index is 14.7. The number of halogens is 5. The summed E-state index contributed by atoms with van der Waals surface area (Å²) in [6.07, 6.45) is -4.35. The van der Waals surface area contributed by atoms with Crippen LogP contribution in [0, 0.1) is 5.92 Å². The Balaban J connectivity index is 1.18. The lowest BCUT2D eigenvalue weighted by molar-refractivity contribution is -0.169. The summed E-state index contributed by atoms with van der Waals surface area (Å²) in [5, 5.41) is 7.36. The second kappa shape index (κ2) is 22.1. The second-order valence-electron chi connectivity index (χ2n) is 20.1. The van der Waals surface area contributed by atoms with Crippen LogP contribution in [-0.2, 0) is 55.2 Å². The van der Waals surface area contributed by atoms with E-state index >= 15 is 0 Å². The Morgan fingerprint density at radius 1 is 0.971 bits per heavy atom. The minimum atomic E-state index is -4.75. The van der Waals surface area contributed by atoms with Crippen molar-refractivity contribution >= 4 is 46.9 Å². The lowest BCUT2D eigenvalue weighted by atomic mass is 9.82. The van der Waals surface area contributed by atoms with Gasteiger partial charge in [0.25, 0.3) is 0 Å². The number of imidazole rings is 1. The number of ether oxygens (including phenoxy) is 3. The van der Waals surface area contributed by atoms with Gasteiger partial charge in [-0.3, -0.25) is 24.1 Å². The molecule has 3 heterocycles. The third-order valence-corrected chi connectivity index (χ3v) is 12.8. The number of carbonyl (C=O) groups is 4. The molecule has 2 aliphatic heterocycles. The number of rotatable bonds is 17. The lowest BCUT2D eigenvalue weighted by Gasteiger charge is -2.45. The number of carbonyl (C=O) groups excluding carboxylic acids is 4. The van der Waals surface area contributed by atoms with Gasteiger partial charge in [0.05, 0.1) is 55.4 Å². The number of likely N-dealkylation sites (tertiary alicyclic amines) is 1. The van der Waals surface area contributed by atoms with E-state index in [1.807, 2.05) is 51.6 Å². The fourth-order valence-electron chi connectivity index (χ4n) is 9.03. The summed E-state index contributed by atoms with van der Waals surface area (Å²) < 4.78 is 61.6. The Bertz CT molecular complexity index is 2500. The molecule has 380 valence electrons. The van der Waals surface area contributed by atoms with Crippen LogP contribution in [0.3, 0.4) is 0 Å². The number of nitrogens with zero attached hydrogens (tertiary/aromatic N) is 5. The smallest absolute Gasteiger partial charge is 0.389 e. The van der Waals surface area contributed by atoms with Gasteiger partial charge in [-0.2, -0.15) is 13.2 Å². The Morgan fingerprint density at radius 2 is 1.64 bits per heavy atom. The molecule has 6 rings (SSSR count). The van der Waals surface area contributed by atoms with Crippen LogP contribution in [-0.4, -0.2) is 117 Å². The molecule has 0 bridgehead atoms. The number of aromatic nitrogens is 2. The van der Waals surface area contributed by atoms with Gasteiger partial charge in [0.1, 0.15) is 34.7 Å². The van der Waals surface area contributed by atoms with Gasteiger partial charge in [-0.05, 0) is 129 Å². The van der Waals surface area contributed by atoms with Crippen molar-refractivity contribution in [2.45, 2.75) is 122 Å². The van der Waals surface area contributed by atoms with Crippen LogP contribution in [0.4, 0.5) is 13.2 Å². The van der Waals surface area contributed by atoms with Gasteiger partial charge in [0.2, 0.25) is 17.7 Å². The third kappa shape index (κ3) is 14.2. The van der Waals surface area contributed by atoms with E-state index < -0.39 is 77.6 Å². The number of benzene rings is 3. The Hall–Kier alpha value is -5.20. The molecule has 0 radical (unpaired) electrons. The van der Waals surface area contributed by atoms with Crippen LogP contribution in [0.5, 0.6) is 11.5 Å². The summed E-state index contributed by atoms with van der Waals surface area (Å²) >= 11 is 12.6. The molecule has 19 heteroatoms. The molecule has 0 aliphatic carbocycles. The number of amides is 3. The van der Waals surface area contributed by atoms with Gasteiger partial charge in [-0.25, -0.2) is 4.98 Å². The fourth-order valence-corrected chi connectivity index (χ4v) is 9.31. The van der Waals surface area contributed by atoms with Crippen molar-refractivity contribution in [3.05, 3.63) is 99.9 Å². The van der Waals surface area contributed by atoms with Crippen LogP contribution >= 0.6 is 23.2 Å². The number of hydrogen-bond donors (Lipinski definition) is 2. The molecule has 2 saturated heterocycles. The minimum Gasteiger partial charge on any atom is -0.460 e. The fraction of sp³-hybridized carbons (Fsp3) is 0.510. The zero-order chi connectivity index (χ0) is 51.3. The van der Waals surface area contributed by atoms with E-state index in [0.29, 0.717) is 46.5 Å². The highest BCUT2D eigenvalue weighted by atomic mass is 35.5. The molecule has 2 aliphatic rings. The van der Waals surface area contributed by atoms with Crippen molar-refractivity contribution in [1.82, 2.24) is 34.9 Å². The van der Waals surface area contributed by atoms with E-state index in [1.54, 1.807) is 84.0 Å². The van der Waals surface area contributed by atoms with Crippen molar-refractivity contribution in [2.24, 2.45) is 13.0 Å². The largest absolute Gasteiger partial charge is 0.460 e. The predicted molar refractivity (Wildman–Crippen MR) is 261 cm³/mol. The molecule has 2 fully saturated rings. The van der Waals surface area contributed by atoms with Crippen LogP contribution in [0.15, 0.2) is 72.9 Å². The average Bonchev–Trinajstić information content (AvgIpc) is 3.79. The van der Waals surface area contributed by atoms with Crippen molar-refractivity contribution in [3.8, 4) is 22.8 Å². The number of esters is 1. The molecule has 14 nitrogen and oxygen atoms in total. The molecule has 70 heavy (non-hydrogen) atoms. The third-order valence-electron chi connectivity index (χ3n) is 12.3. The van der Waals surface area contributed by atoms with Crippen molar-refractivity contribution in [2.75, 3.05) is 33.8 Å². The first-order valence-corrected chi connectivity index (χ1v) is 24.0. The molecular formula is C51H64Cl2F3N7O7. The predicted octanol–water partition coefficient (Wildman–Crippen LogP) is 8.71. The monoisotopic (exact) mass is 1010 g/mol. The summed E-state index contributed by atoms with van der Waals surface area (Å²) in [7, 11) is 5.96. The number of alkyl halides is 3. The summed E-state index contributed by atoms with van der Waals surface area (Å²) in [5.41, 5.74) is -0.0116. The van der Waals surface area contributed by atoms with Gasteiger partial charge in [-0.15, -0.1) is 0 Å². The van der Waals surface area contributed by atoms with Crippen LogP contribution in [0.2, 0.25) is 10.0 Å². The van der Waals surface area contributed by atoms with E-state index in [4.69, 9.17) is 37.4 Å². The summed E-state index contributed by atoms with van der Waals surface area (Å²) in [5.74, 6) is -2.56. The number of hydrogen-bond acceptors (Lipinski definition) is 10. The summed E-state index contributed by atoms with van der Waals surface area (Å²) in [6.45, 7) is 10.5. The van der Waals surface area contributed by atoms with Crippen molar-refractivity contribution < 1.29 is 46.6 Å². The maximum atomic E-state index is 14.7. The van der Waals surface area contributed by atoms with Crippen LogP contribution in [0.1, 0.15) is 84.2 Å². The first kappa shape index (κ1) is 54.1. The molecule has 3 amide bonds. The highest BCUT2D eigenvalue weighted by molar-refractivity contribution is 6.31. The van der Waals surface area contributed by atoms with Crippen LogP contribution in [0.25, 0.3) is 11.3 Å².